The number of rotatable bonds is 3. The normalized spacial score (nSPS) is 15.9. The number of carbonyl (C=O) groups excluding carboxylic acids is 1. The van der Waals surface area contributed by atoms with E-state index >= 15 is 0 Å². The third kappa shape index (κ3) is 3.26. The summed E-state index contributed by atoms with van der Waals surface area (Å²) < 4.78 is 1.80. The van der Waals surface area contributed by atoms with Gasteiger partial charge >= 0.3 is 0 Å². The zero-order valence-corrected chi connectivity index (χ0v) is 14.0. The molecule has 23 heavy (non-hydrogen) atoms. The van der Waals surface area contributed by atoms with Gasteiger partial charge in [-0.1, -0.05) is 24.6 Å². The van der Waals surface area contributed by atoms with Crippen molar-refractivity contribution in [1.29, 1.82) is 0 Å². The standard InChI is InChI=1S/C17H21ClN4O/c1-2-16-15(17(23)21-8-6-13(19)7-9-21)11-20-22(16)14-5-3-4-12(18)10-14/h3-5,10-11,13H,2,6-9,19H2,1H3. The molecule has 0 atom stereocenters. The van der Waals surface area contributed by atoms with Crippen molar-refractivity contribution in [3.63, 3.8) is 0 Å². The molecule has 2 heterocycles. The molecule has 1 amide bonds. The van der Waals surface area contributed by atoms with E-state index in [-0.39, 0.29) is 11.9 Å². The topological polar surface area (TPSA) is 64.2 Å². The summed E-state index contributed by atoms with van der Waals surface area (Å²) >= 11 is 6.07. The zero-order chi connectivity index (χ0) is 16.4. The lowest BCUT2D eigenvalue weighted by Crippen LogP contribution is -2.43. The summed E-state index contributed by atoms with van der Waals surface area (Å²) in [6.07, 6.45) is 4.10. The Labute approximate surface area is 141 Å². The molecule has 6 heteroatoms. The number of hydrogen-bond donors (Lipinski definition) is 1. The molecule has 1 aliphatic heterocycles. The molecule has 1 aromatic carbocycles. The number of halogens is 1. The maximum atomic E-state index is 12.8. The second kappa shape index (κ2) is 6.72. The second-order valence-electron chi connectivity index (χ2n) is 5.88. The molecular formula is C17H21ClN4O. The monoisotopic (exact) mass is 332 g/mol. The van der Waals surface area contributed by atoms with E-state index in [1.807, 2.05) is 36.1 Å². The second-order valence-corrected chi connectivity index (χ2v) is 6.32. The van der Waals surface area contributed by atoms with E-state index in [1.165, 1.54) is 0 Å². The van der Waals surface area contributed by atoms with Crippen molar-refractivity contribution in [3.05, 3.63) is 46.7 Å². The van der Waals surface area contributed by atoms with Crippen LogP contribution in [0.2, 0.25) is 5.02 Å². The van der Waals surface area contributed by atoms with Gasteiger partial charge < -0.3 is 10.6 Å². The summed E-state index contributed by atoms with van der Waals surface area (Å²) in [4.78, 5) is 14.7. The summed E-state index contributed by atoms with van der Waals surface area (Å²) in [6, 6.07) is 7.70. The van der Waals surface area contributed by atoms with Crippen LogP contribution in [0.25, 0.3) is 5.69 Å². The predicted octanol–water partition coefficient (Wildman–Crippen LogP) is 2.65. The molecule has 0 aliphatic carbocycles. The van der Waals surface area contributed by atoms with Crippen molar-refractivity contribution >= 4 is 17.5 Å². The van der Waals surface area contributed by atoms with Crippen LogP contribution in [0, 0.1) is 0 Å². The van der Waals surface area contributed by atoms with Gasteiger partial charge in [0.25, 0.3) is 5.91 Å². The molecule has 0 radical (unpaired) electrons. The minimum Gasteiger partial charge on any atom is -0.338 e. The maximum absolute atomic E-state index is 12.8. The van der Waals surface area contributed by atoms with Crippen molar-refractivity contribution in [2.24, 2.45) is 5.73 Å². The molecule has 0 saturated carbocycles. The first-order chi connectivity index (χ1) is 11.1. The third-order valence-corrected chi connectivity index (χ3v) is 4.55. The summed E-state index contributed by atoms with van der Waals surface area (Å²) in [5, 5.41) is 5.07. The first kappa shape index (κ1) is 16.0. The van der Waals surface area contributed by atoms with Gasteiger partial charge in [-0.05, 0) is 37.5 Å². The Hall–Kier alpha value is -1.85. The highest BCUT2D eigenvalue weighted by atomic mass is 35.5. The van der Waals surface area contributed by atoms with Gasteiger partial charge in [0.2, 0.25) is 0 Å². The minimum atomic E-state index is 0.0435. The molecule has 0 spiro atoms. The van der Waals surface area contributed by atoms with Crippen LogP contribution < -0.4 is 5.73 Å². The molecule has 2 N–H and O–H groups in total. The van der Waals surface area contributed by atoms with E-state index in [9.17, 15) is 4.79 Å². The van der Waals surface area contributed by atoms with Gasteiger partial charge in [-0.3, -0.25) is 4.79 Å². The van der Waals surface area contributed by atoms with Gasteiger partial charge in [-0.15, -0.1) is 0 Å². The van der Waals surface area contributed by atoms with Gasteiger partial charge in [-0.2, -0.15) is 5.10 Å². The Morgan fingerprint density at radius 1 is 1.39 bits per heavy atom. The van der Waals surface area contributed by atoms with E-state index in [2.05, 4.69) is 5.10 Å². The van der Waals surface area contributed by atoms with E-state index < -0.39 is 0 Å². The Kier molecular flexibility index (Phi) is 4.68. The number of piperidine rings is 1. The third-order valence-electron chi connectivity index (χ3n) is 4.31. The molecule has 0 unspecified atom stereocenters. The number of likely N-dealkylation sites (tertiary alicyclic amines) is 1. The molecule has 1 saturated heterocycles. The fourth-order valence-corrected chi connectivity index (χ4v) is 3.18. The molecular weight excluding hydrogens is 312 g/mol. The van der Waals surface area contributed by atoms with E-state index in [0.29, 0.717) is 23.7 Å². The Balaban J connectivity index is 1.90. The van der Waals surface area contributed by atoms with Gasteiger partial charge in [0.15, 0.2) is 0 Å². The Morgan fingerprint density at radius 2 is 2.13 bits per heavy atom. The van der Waals surface area contributed by atoms with Crippen molar-refractivity contribution < 1.29 is 4.79 Å². The number of aromatic nitrogens is 2. The lowest BCUT2D eigenvalue weighted by molar-refractivity contribution is 0.0713. The fourth-order valence-electron chi connectivity index (χ4n) is 3.00. The summed E-state index contributed by atoms with van der Waals surface area (Å²) in [5.41, 5.74) is 8.37. The van der Waals surface area contributed by atoms with Crippen molar-refractivity contribution in [1.82, 2.24) is 14.7 Å². The molecule has 0 bridgehead atoms. The number of amides is 1. The molecule has 2 aromatic rings. The summed E-state index contributed by atoms with van der Waals surface area (Å²) in [7, 11) is 0. The van der Waals surface area contributed by atoms with E-state index in [4.69, 9.17) is 17.3 Å². The fraction of sp³-hybridized carbons (Fsp3) is 0.412. The molecule has 122 valence electrons. The van der Waals surface area contributed by atoms with Gasteiger partial charge in [-0.25, -0.2) is 4.68 Å². The Morgan fingerprint density at radius 3 is 2.78 bits per heavy atom. The van der Waals surface area contributed by atoms with Crippen LogP contribution in [-0.4, -0.2) is 39.7 Å². The number of nitrogens with two attached hydrogens (primary N) is 1. The van der Waals surface area contributed by atoms with Crippen molar-refractivity contribution in [3.8, 4) is 5.69 Å². The van der Waals surface area contributed by atoms with Gasteiger partial charge in [0, 0.05) is 24.2 Å². The summed E-state index contributed by atoms with van der Waals surface area (Å²) in [5.74, 6) is 0.0435. The number of nitrogens with zero attached hydrogens (tertiary/aromatic N) is 3. The molecule has 1 aromatic heterocycles. The van der Waals surface area contributed by atoms with Crippen LogP contribution in [0.1, 0.15) is 35.8 Å². The molecule has 1 aliphatic rings. The average molecular weight is 333 g/mol. The van der Waals surface area contributed by atoms with Crippen LogP contribution in [0.15, 0.2) is 30.5 Å². The van der Waals surface area contributed by atoms with Crippen LogP contribution in [0.5, 0.6) is 0 Å². The maximum Gasteiger partial charge on any atom is 0.257 e. The van der Waals surface area contributed by atoms with Crippen LogP contribution in [0.3, 0.4) is 0 Å². The molecule has 3 rings (SSSR count). The molecule has 1 fully saturated rings. The largest absolute Gasteiger partial charge is 0.338 e. The van der Waals surface area contributed by atoms with Crippen molar-refractivity contribution in [2.75, 3.05) is 13.1 Å². The lowest BCUT2D eigenvalue weighted by Gasteiger charge is -2.30. The van der Waals surface area contributed by atoms with E-state index in [1.54, 1.807) is 10.9 Å². The van der Waals surface area contributed by atoms with Crippen LogP contribution in [-0.2, 0) is 6.42 Å². The van der Waals surface area contributed by atoms with Crippen molar-refractivity contribution in [2.45, 2.75) is 32.2 Å². The smallest absolute Gasteiger partial charge is 0.257 e. The average Bonchev–Trinajstić information content (AvgIpc) is 2.98. The SMILES string of the molecule is CCc1c(C(=O)N2CCC(N)CC2)cnn1-c1cccc(Cl)c1. The Bertz CT molecular complexity index is 704. The minimum absolute atomic E-state index is 0.0435. The molecule has 5 nitrogen and oxygen atoms in total. The van der Waals surface area contributed by atoms with E-state index in [0.717, 1.165) is 30.6 Å². The highest BCUT2D eigenvalue weighted by Gasteiger charge is 2.25. The number of carbonyl (C=O) groups is 1. The van der Waals surface area contributed by atoms with Gasteiger partial charge in [0.1, 0.15) is 0 Å². The predicted molar refractivity (Wildman–Crippen MR) is 91.1 cm³/mol. The first-order valence-corrected chi connectivity index (χ1v) is 8.35. The highest BCUT2D eigenvalue weighted by Crippen LogP contribution is 2.21. The first-order valence-electron chi connectivity index (χ1n) is 7.98. The van der Waals surface area contributed by atoms with Crippen LogP contribution in [0.4, 0.5) is 0 Å². The van der Waals surface area contributed by atoms with Gasteiger partial charge in [0.05, 0.1) is 23.1 Å². The summed E-state index contributed by atoms with van der Waals surface area (Å²) in [6.45, 7) is 3.46. The van der Waals surface area contributed by atoms with Crippen LogP contribution >= 0.6 is 11.6 Å². The number of benzene rings is 1. The highest BCUT2D eigenvalue weighted by molar-refractivity contribution is 6.30. The number of hydrogen-bond acceptors (Lipinski definition) is 3. The zero-order valence-electron chi connectivity index (χ0n) is 13.2. The lowest BCUT2D eigenvalue weighted by atomic mass is 10.0. The quantitative estimate of drug-likeness (QED) is 0.939.